The first-order chi connectivity index (χ1) is 8.42. The minimum atomic E-state index is 0.138. The molecule has 0 aromatic heterocycles. The summed E-state index contributed by atoms with van der Waals surface area (Å²) < 4.78 is 5.64. The van der Waals surface area contributed by atoms with E-state index in [1.165, 1.54) is 0 Å². The minimum Gasteiger partial charge on any atom is -0.372 e. The van der Waals surface area contributed by atoms with Crippen LogP contribution in [0.2, 0.25) is 0 Å². The van der Waals surface area contributed by atoms with E-state index in [2.05, 4.69) is 13.8 Å². The molecule has 0 radical (unpaired) electrons. The zero-order valence-corrected chi connectivity index (χ0v) is 12.2. The molecule has 3 unspecified atom stereocenters. The number of rotatable bonds is 5. The van der Waals surface area contributed by atoms with Crippen molar-refractivity contribution in [1.29, 1.82) is 0 Å². The third kappa shape index (κ3) is 4.94. The third-order valence-electron chi connectivity index (χ3n) is 3.37. The van der Waals surface area contributed by atoms with Crippen molar-refractivity contribution in [3.05, 3.63) is 0 Å². The van der Waals surface area contributed by atoms with E-state index >= 15 is 0 Å². The molecule has 1 saturated heterocycles. The van der Waals surface area contributed by atoms with Crippen molar-refractivity contribution in [3.63, 3.8) is 0 Å². The van der Waals surface area contributed by atoms with Crippen LogP contribution >= 0.6 is 0 Å². The Bertz CT molecular complexity index is 259. The fraction of sp³-hybridized carbons (Fsp3) is 0.929. The van der Waals surface area contributed by atoms with E-state index in [4.69, 9.17) is 10.5 Å². The second kappa shape index (κ2) is 7.10. The van der Waals surface area contributed by atoms with Crippen LogP contribution in [0.25, 0.3) is 0 Å². The van der Waals surface area contributed by atoms with Crippen molar-refractivity contribution in [2.24, 2.45) is 17.6 Å². The van der Waals surface area contributed by atoms with E-state index in [1.807, 2.05) is 18.7 Å². The molecular formula is C14H28N2O2. The molecule has 1 aliphatic heterocycles. The van der Waals surface area contributed by atoms with Gasteiger partial charge in [0.05, 0.1) is 12.2 Å². The Morgan fingerprint density at radius 3 is 2.33 bits per heavy atom. The first-order valence-electron chi connectivity index (χ1n) is 7.05. The Kier molecular flexibility index (Phi) is 6.09. The normalized spacial score (nSPS) is 26.4. The molecule has 1 fully saturated rings. The molecule has 1 rings (SSSR count). The summed E-state index contributed by atoms with van der Waals surface area (Å²) in [5.41, 5.74) is 5.76. The highest BCUT2D eigenvalue weighted by molar-refractivity contribution is 5.76. The number of amides is 1. The molecule has 0 saturated carbocycles. The first kappa shape index (κ1) is 15.4. The average molecular weight is 256 g/mol. The van der Waals surface area contributed by atoms with Gasteiger partial charge in [-0.2, -0.15) is 0 Å². The van der Waals surface area contributed by atoms with E-state index in [9.17, 15) is 4.79 Å². The lowest BCUT2D eigenvalue weighted by atomic mass is 9.93. The van der Waals surface area contributed by atoms with E-state index in [0.29, 0.717) is 37.9 Å². The summed E-state index contributed by atoms with van der Waals surface area (Å²) in [6, 6.07) is 0. The van der Waals surface area contributed by atoms with Crippen molar-refractivity contribution in [3.8, 4) is 0 Å². The van der Waals surface area contributed by atoms with E-state index in [1.54, 1.807) is 0 Å². The van der Waals surface area contributed by atoms with Gasteiger partial charge in [0.25, 0.3) is 0 Å². The molecule has 2 N–H and O–H groups in total. The van der Waals surface area contributed by atoms with Crippen LogP contribution in [-0.2, 0) is 9.53 Å². The van der Waals surface area contributed by atoms with E-state index in [-0.39, 0.29) is 18.1 Å². The molecule has 0 aliphatic carbocycles. The van der Waals surface area contributed by atoms with Crippen LogP contribution < -0.4 is 5.73 Å². The Labute approximate surface area is 111 Å². The fourth-order valence-electron chi connectivity index (χ4n) is 2.69. The maximum atomic E-state index is 12.3. The lowest BCUT2D eigenvalue weighted by Crippen LogP contribution is -2.48. The maximum Gasteiger partial charge on any atom is 0.223 e. The van der Waals surface area contributed by atoms with Gasteiger partial charge in [0.2, 0.25) is 5.91 Å². The zero-order valence-electron chi connectivity index (χ0n) is 12.2. The second-order valence-corrected chi connectivity index (χ2v) is 5.99. The van der Waals surface area contributed by atoms with Crippen molar-refractivity contribution < 1.29 is 9.53 Å². The van der Waals surface area contributed by atoms with Gasteiger partial charge in [-0.15, -0.1) is 0 Å². The molecule has 4 nitrogen and oxygen atoms in total. The monoisotopic (exact) mass is 256 g/mol. The SMILES string of the molecule is CC(C)CC(CN)CC(=O)N1CC(C)OC(C)C1. The number of hydrogen-bond donors (Lipinski definition) is 1. The molecule has 0 spiro atoms. The van der Waals surface area contributed by atoms with Gasteiger partial charge < -0.3 is 15.4 Å². The third-order valence-corrected chi connectivity index (χ3v) is 3.37. The minimum absolute atomic E-state index is 0.138. The molecule has 1 amide bonds. The van der Waals surface area contributed by atoms with Gasteiger partial charge in [-0.1, -0.05) is 13.8 Å². The summed E-state index contributed by atoms with van der Waals surface area (Å²) in [7, 11) is 0. The van der Waals surface area contributed by atoms with Gasteiger partial charge in [0, 0.05) is 19.5 Å². The second-order valence-electron chi connectivity index (χ2n) is 5.99. The number of nitrogens with two attached hydrogens (primary N) is 1. The topological polar surface area (TPSA) is 55.6 Å². The van der Waals surface area contributed by atoms with Crippen LogP contribution in [0.15, 0.2) is 0 Å². The highest BCUT2D eigenvalue weighted by atomic mass is 16.5. The lowest BCUT2D eigenvalue weighted by molar-refractivity contribution is -0.144. The van der Waals surface area contributed by atoms with Gasteiger partial charge in [0.15, 0.2) is 0 Å². The number of nitrogens with zero attached hydrogens (tertiary/aromatic N) is 1. The summed E-state index contributed by atoms with van der Waals surface area (Å²) in [5.74, 6) is 1.13. The molecule has 0 aromatic carbocycles. The van der Waals surface area contributed by atoms with Gasteiger partial charge >= 0.3 is 0 Å². The van der Waals surface area contributed by atoms with Crippen LogP contribution in [0, 0.1) is 11.8 Å². The van der Waals surface area contributed by atoms with Crippen molar-refractivity contribution in [2.75, 3.05) is 19.6 Å². The smallest absolute Gasteiger partial charge is 0.223 e. The Morgan fingerprint density at radius 1 is 1.33 bits per heavy atom. The Morgan fingerprint density at radius 2 is 1.89 bits per heavy atom. The number of carbonyl (C=O) groups excluding carboxylic acids is 1. The Hall–Kier alpha value is -0.610. The zero-order chi connectivity index (χ0) is 13.7. The van der Waals surface area contributed by atoms with Crippen molar-refractivity contribution >= 4 is 5.91 Å². The molecule has 4 heteroatoms. The highest BCUT2D eigenvalue weighted by Crippen LogP contribution is 2.18. The van der Waals surface area contributed by atoms with E-state index < -0.39 is 0 Å². The van der Waals surface area contributed by atoms with Crippen LogP contribution in [0.3, 0.4) is 0 Å². The van der Waals surface area contributed by atoms with Gasteiger partial charge in [-0.3, -0.25) is 4.79 Å². The number of morpholine rings is 1. The molecule has 3 atom stereocenters. The molecule has 106 valence electrons. The molecule has 0 aromatic rings. The molecule has 1 aliphatic rings. The molecule has 1 heterocycles. The number of hydrogen-bond acceptors (Lipinski definition) is 3. The van der Waals surface area contributed by atoms with Crippen LogP contribution in [-0.4, -0.2) is 42.6 Å². The maximum absolute atomic E-state index is 12.3. The van der Waals surface area contributed by atoms with Crippen LogP contribution in [0.1, 0.15) is 40.5 Å². The number of ether oxygens (including phenoxy) is 1. The summed E-state index contributed by atoms with van der Waals surface area (Å²) in [4.78, 5) is 14.2. The summed E-state index contributed by atoms with van der Waals surface area (Å²) in [5, 5.41) is 0. The first-order valence-corrected chi connectivity index (χ1v) is 7.05. The summed E-state index contributed by atoms with van der Waals surface area (Å²) >= 11 is 0. The quantitative estimate of drug-likeness (QED) is 0.813. The molecule has 0 bridgehead atoms. The van der Waals surface area contributed by atoms with Crippen LogP contribution in [0.4, 0.5) is 0 Å². The Balaban J connectivity index is 2.47. The van der Waals surface area contributed by atoms with Crippen LogP contribution in [0.5, 0.6) is 0 Å². The average Bonchev–Trinajstić information content (AvgIpc) is 2.26. The van der Waals surface area contributed by atoms with Gasteiger partial charge in [-0.05, 0) is 38.6 Å². The standard InChI is InChI=1S/C14H28N2O2/c1-10(2)5-13(7-15)6-14(17)16-8-11(3)18-12(4)9-16/h10-13H,5-9,15H2,1-4H3. The predicted molar refractivity (Wildman–Crippen MR) is 73.2 cm³/mol. The highest BCUT2D eigenvalue weighted by Gasteiger charge is 2.27. The van der Waals surface area contributed by atoms with Crippen molar-refractivity contribution in [2.45, 2.75) is 52.7 Å². The molecule has 18 heavy (non-hydrogen) atoms. The van der Waals surface area contributed by atoms with E-state index in [0.717, 1.165) is 6.42 Å². The number of carbonyl (C=O) groups is 1. The summed E-state index contributed by atoms with van der Waals surface area (Å²) in [6.07, 6.45) is 1.88. The fourth-order valence-corrected chi connectivity index (χ4v) is 2.69. The summed E-state index contributed by atoms with van der Waals surface area (Å²) in [6.45, 7) is 10.4. The predicted octanol–water partition coefficient (Wildman–Crippen LogP) is 1.63. The molecular weight excluding hydrogens is 228 g/mol. The lowest BCUT2D eigenvalue weighted by Gasteiger charge is -2.36. The van der Waals surface area contributed by atoms with Gasteiger partial charge in [0.1, 0.15) is 0 Å². The van der Waals surface area contributed by atoms with Gasteiger partial charge in [-0.25, -0.2) is 0 Å². The largest absolute Gasteiger partial charge is 0.372 e. The van der Waals surface area contributed by atoms with Crippen molar-refractivity contribution in [1.82, 2.24) is 4.90 Å².